The molecule has 3 heterocycles. The molecule has 0 saturated carbocycles. The average Bonchev–Trinajstić information content (AvgIpc) is 3.12. The van der Waals surface area contributed by atoms with E-state index in [2.05, 4.69) is 11.0 Å². The van der Waals surface area contributed by atoms with Crippen LogP contribution in [0.15, 0.2) is 47.1 Å². The number of hydrogen-bond donors (Lipinski definition) is 0. The lowest BCUT2D eigenvalue weighted by atomic mass is 10.0. The molecule has 138 valence electrons. The maximum atomic E-state index is 13.5. The molecule has 0 N–H and O–H groups in total. The molecule has 2 saturated heterocycles. The van der Waals surface area contributed by atoms with Crippen molar-refractivity contribution in [2.24, 2.45) is 0 Å². The topological polar surface area (TPSA) is 45.9 Å². The van der Waals surface area contributed by atoms with Gasteiger partial charge in [-0.25, -0.2) is 0 Å². The Balaban J connectivity index is 1.65. The molecule has 1 aromatic heterocycles. The Kier molecular flexibility index (Phi) is 5.25. The predicted octanol–water partition coefficient (Wildman–Crippen LogP) is 3.87. The zero-order chi connectivity index (χ0) is 17.8. The second kappa shape index (κ2) is 7.96. The van der Waals surface area contributed by atoms with Gasteiger partial charge in [0.1, 0.15) is 5.76 Å². The molecule has 2 aromatic rings. The third-order valence-electron chi connectivity index (χ3n) is 5.37. The van der Waals surface area contributed by atoms with Crippen molar-refractivity contribution < 1.29 is 13.9 Å². The molecule has 2 aliphatic heterocycles. The van der Waals surface area contributed by atoms with E-state index >= 15 is 0 Å². The van der Waals surface area contributed by atoms with Crippen molar-refractivity contribution in [3.63, 3.8) is 0 Å². The second-order valence-corrected chi connectivity index (χ2v) is 7.00. The van der Waals surface area contributed by atoms with Gasteiger partial charge < -0.3 is 19.0 Å². The number of likely N-dealkylation sites (tertiary alicyclic amines) is 1. The van der Waals surface area contributed by atoms with Crippen LogP contribution in [-0.4, -0.2) is 43.7 Å². The van der Waals surface area contributed by atoms with E-state index in [0.717, 1.165) is 62.3 Å². The van der Waals surface area contributed by atoms with Crippen molar-refractivity contribution in [2.75, 3.05) is 37.7 Å². The molecule has 1 amide bonds. The van der Waals surface area contributed by atoms with Gasteiger partial charge in [-0.2, -0.15) is 0 Å². The van der Waals surface area contributed by atoms with Gasteiger partial charge in [0.05, 0.1) is 31.1 Å². The van der Waals surface area contributed by atoms with Crippen LogP contribution in [0.25, 0.3) is 0 Å². The van der Waals surface area contributed by atoms with Gasteiger partial charge in [-0.1, -0.05) is 25.0 Å². The third kappa shape index (κ3) is 3.49. The number of para-hydroxylation sites is 1. The highest BCUT2D eigenvalue weighted by atomic mass is 16.5. The van der Waals surface area contributed by atoms with Gasteiger partial charge in [0.25, 0.3) is 5.91 Å². The first-order chi connectivity index (χ1) is 12.8. The zero-order valence-electron chi connectivity index (χ0n) is 15.1. The number of hydrogen-bond acceptors (Lipinski definition) is 4. The van der Waals surface area contributed by atoms with E-state index in [1.54, 1.807) is 6.26 Å². The smallest absolute Gasteiger partial charge is 0.256 e. The maximum absolute atomic E-state index is 13.5. The summed E-state index contributed by atoms with van der Waals surface area (Å²) in [6, 6.07) is 11.9. The van der Waals surface area contributed by atoms with Gasteiger partial charge in [0.2, 0.25) is 0 Å². The van der Waals surface area contributed by atoms with E-state index in [1.807, 2.05) is 35.2 Å². The summed E-state index contributed by atoms with van der Waals surface area (Å²) in [4.78, 5) is 17.8. The molecule has 0 radical (unpaired) electrons. The molecule has 1 atom stereocenters. The molecule has 26 heavy (non-hydrogen) atoms. The molecule has 0 spiro atoms. The number of ether oxygens (including phenoxy) is 1. The summed E-state index contributed by atoms with van der Waals surface area (Å²) in [5.74, 6) is 1.000. The summed E-state index contributed by atoms with van der Waals surface area (Å²) >= 11 is 0. The minimum atomic E-state index is 0.0257. The minimum absolute atomic E-state index is 0.0257. The highest BCUT2D eigenvalue weighted by Crippen LogP contribution is 2.33. The van der Waals surface area contributed by atoms with Gasteiger partial charge in [0, 0.05) is 25.3 Å². The van der Waals surface area contributed by atoms with Crippen LogP contribution in [0.3, 0.4) is 0 Å². The molecule has 4 rings (SSSR count). The van der Waals surface area contributed by atoms with Gasteiger partial charge in [-0.3, -0.25) is 4.79 Å². The van der Waals surface area contributed by atoms with Crippen molar-refractivity contribution in [3.8, 4) is 0 Å². The lowest BCUT2D eigenvalue weighted by Gasteiger charge is -2.33. The van der Waals surface area contributed by atoms with Gasteiger partial charge in [-0.05, 0) is 37.1 Å². The van der Waals surface area contributed by atoms with Gasteiger partial charge >= 0.3 is 0 Å². The number of carbonyl (C=O) groups is 1. The predicted molar refractivity (Wildman–Crippen MR) is 100 cm³/mol. The molecule has 2 aliphatic rings. The molecule has 2 fully saturated rings. The van der Waals surface area contributed by atoms with Crippen molar-refractivity contribution in [3.05, 3.63) is 54.0 Å². The first-order valence-electron chi connectivity index (χ1n) is 9.61. The normalized spacial score (nSPS) is 21.5. The number of rotatable bonds is 3. The number of anilines is 1. The Morgan fingerprint density at radius 2 is 1.81 bits per heavy atom. The zero-order valence-corrected chi connectivity index (χ0v) is 15.1. The monoisotopic (exact) mass is 354 g/mol. The average molecular weight is 354 g/mol. The molecule has 5 nitrogen and oxygen atoms in total. The van der Waals surface area contributed by atoms with Crippen molar-refractivity contribution in [2.45, 2.75) is 31.7 Å². The Labute approximate surface area is 154 Å². The highest BCUT2D eigenvalue weighted by molar-refractivity contribution is 6.00. The lowest BCUT2D eigenvalue weighted by Crippen LogP contribution is -2.39. The fourth-order valence-electron chi connectivity index (χ4n) is 4.02. The SMILES string of the molecule is O=C(c1ccccc1N1CCOCC1)N1CCCCC[C@@H]1c1ccco1. The molecule has 0 bridgehead atoms. The van der Waals surface area contributed by atoms with Crippen LogP contribution in [0.1, 0.15) is 47.8 Å². The van der Waals surface area contributed by atoms with E-state index in [4.69, 9.17) is 9.15 Å². The van der Waals surface area contributed by atoms with Crippen LogP contribution in [-0.2, 0) is 4.74 Å². The van der Waals surface area contributed by atoms with Gasteiger partial charge in [-0.15, -0.1) is 0 Å². The summed E-state index contributed by atoms with van der Waals surface area (Å²) in [6.07, 6.45) is 5.98. The number of amides is 1. The van der Waals surface area contributed by atoms with E-state index in [1.165, 1.54) is 0 Å². The van der Waals surface area contributed by atoms with Crippen molar-refractivity contribution >= 4 is 11.6 Å². The molecule has 0 aliphatic carbocycles. The van der Waals surface area contributed by atoms with Crippen LogP contribution in [0.2, 0.25) is 0 Å². The van der Waals surface area contributed by atoms with E-state index in [-0.39, 0.29) is 11.9 Å². The molecule has 5 heteroatoms. The number of nitrogens with zero attached hydrogens (tertiary/aromatic N) is 2. The van der Waals surface area contributed by atoms with Crippen LogP contribution in [0.4, 0.5) is 5.69 Å². The quantitative estimate of drug-likeness (QED) is 0.839. The Morgan fingerprint density at radius 1 is 0.962 bits per heavy atom. The Hall–Kier alpha value is -2.27. The minimum Gasteiger partial charge on any atom is -0.467 e. The fraction of sp³-hybridized carbons (Fsp3) is 0.476. The molecule has 1 aromatic carbocycles. The molecular weight excluding hydrogens is 328 g/mol. The van der Waals surface area contributed by atoms with Crippen LogP contribution in [0.5, 0.6) is 0 Å². The van der Waals surface area contributed by atoms with E-state index in [9.17, 15) is 4.79 Å². The van der Waals surface area contributed by atoms with Crippen molar-refractivity contribution in [1.29, 1.82) is 0 Å². The fourth-order valence-corrected chi connectivity index (χ4v) is 4.02. The van der Waals surface area contributed by atoms with Crippen LogP contribution in [0, 0.1) is 0 Å². The summed E-state index contributed by atoms with van der Waals surface area (Å²) in [6.45, 7) is 3.85. The van der Waals surface area contributed by atoms with Gasteiger partial charge in [0.15, 0.2) is 0 Å². The first kappa shape index (κ1) is 17.2. The summed E-state index contributed by atoms with van der Waals surface area (Å²) < 4.78 is 11.1. The summed E-state index contributed by atoms with van der Waals surface area (Å²) in [5, 5.41) is 0. The number of furan rings is 1. The Morgan fingerprint density at radius 3 is 2.62 bits per heavy atom. The van der Waals surface area contributed by atoms with E-state index in [0.29, 0.717) is 13.2 Å². The summed E-state index contributed by atoms with van der Waals surface area (Å²) in [7, 11) is 0. The second-order valence-electron chi connectivity index (χ2n) is 7.00. The molecule has 0 unspecified atom stereocenters. The van der Waals surface area contributed by atoms with Crippen LogP contribution >= 0.6 is 0 Å². The highest BCUT2D eigenvalue weighted by Gasteiger charge is 2.31. The Bertz CT molecular complexity index is 723. The standard InChI is InChI=1S/C21H26N2O3/c24-21(17-7-3-4-8-18(17)22-12-15-25-16-13-22)23-11-5-1-2-9-19(23)20-10-6-14-26-20/h3-4,6-8,10,14,19H,1-2,5,9,11-13,15-16H2/t19-/m1/s1. The number of morpholine rings is 1. The maximum Gasteiger partial charge on any atom is 0.256 e. The van der Waals surface area contributed by atoms with Crippen LogP contribution < -0.4 is 4.90 Å². The van der Waals surface area contributed by atoms with Crippen molar-refractivity contribution in [1.82, 2.24) is 4.90 Å². The largest absolute Gasteiger partial charge is 0.467 e. The number of carbonyl (C=O) groups excluding carboxylic acids is 1. The first-order valence-corrected chi connectivity index (χ1v) is 9.61. The lowest BCUT2D eigenvalue weighted by molar-refractivity contribution is 0.0658. The molecular formula is C21H26N2O3. The third-order valence-corrected chi connectivity index (χ3v) is 5.37. The number of benzene rings is 1. The van der Waals surface area contributed by atoms with E-state index < -0.39 is 0 Å². The summed E-state index contributed by atoms with van der Waals surface area (Å²) in [5.41, 5.74) is 1.80.